The Labute approximate surface area is 157 Å². The van der Waals surface area contributed by atoms with Gasteiger partial charge >= 0.3 is 0 Å². The number of phenolic OH excluding ortho intramolecular Hbond substituents is 1. The van der Waals surface area contributed by atoms with Crippen LogP contribution in [0.15, 0.2) is 51.8 Å². The normalized spacial score (nSPS) is 15.9. The molecule has 0 aromatic heterocycles. The van der Waals surface area contributed by atoms with Crippen molar-refractivity contribution in [1.82, 2.24) is 4.90 Å². The Bertz CT molecular complexity index is 881. The number of benzene rings is 2. The maximum atomic E-state index is 12.6. The summed E-state index contributed by atoms with van der Waals surface area (Å²) in [5, 5.41) is 9.81. The van der Waals surface area contributed by atoms with Crippen LogP contribution in [0.25, 0.3) is 6.08 Å². The first-order valence-corrected chi connectivity index (χ1v) is 8.97. The number of aromatic hydroxyl groups is 1. The van der Waals surface area contributed by atoms with Gasteiger partial charge in [-0.1, -0.05) is 46.3 Å². The molecular weight excluding hydrogens is 406 g/mol. The minimum absolute atomic E-state index is 0.0670. The Kier molecular flexibility index (Phi) is 5.15. The highest BCUT2D eigenvalue weighted by Crippen LogP contribution is 2.37. The molecule has 5 nitrogen and oxygen atoms in total. The van der Waals surface area contributed by atoms with Crippen LogP contribution in [0.3, 0.4) is 0 Å². The molecule has 1 aliphatic heterocycles. The lowest BCUT2D eigenvalue weighted by molar-refractivity contribution is -0.123. The number of nitrogens with zero attached hydrogens (tertiary/aromatic N) is 1. The van der Waals surface area contributed by atoms with E-state index in [0.29, 0.717) is 11.3 Å². The Balaban J connectivity index is 1.88. The van der Waals surface area contributed by atoms with Crippen molar-refractivity contribution in [2.75, 3.05) is 7.11 Å². The maximum Gasteiger partial charge on any atom is 0.293 e. The van der Waals surface area contributed by atoms with E-state index in [9.17, 15) is 14.7 Å². The van der Waals surface area contributed by atoms with Gasteiger partial charge < -0.3 is 9.84 Å². The van der Waals surface area contributed by atoms with Gasteiger partial charge in [0.05, 0.1) is 18.6 Å². The Morgan fingerprint density at radius 3 is 2.68 bits per heavy atom. The number of carbonyl (C=O) groups excluding carboxylic acids is 2. The van der Waals surface area contributed by atoms with Crippen molar-refractivity contribution in [2.24, 2.45) is 0 Å². The number of carbonyl (C=O) groups is 2. The SMILES string of the molecule is COc1cccc(/C=C2\SC(=O)N(Cc3ccccc3Br)C2=O)c1O. The van der Waals surface area contributed by atoms with E-state index in [1.807, 2.05) is 24.3 Å². The molecule has 2 amide bonds. The number of halogens is 1. The number of para-hydroxylation sites is 1. The molecule has 25 heavy (non-hydrogen) atoms. The van der Waals surface area contributed by atoms with Gasteiger partial charge in [-0.2, -0.15) is 0 Å². The van der Waals surface area contributed by atoms with Crippen molar-refractivity contribution in [1.29, 1.82) is 0 Å². The van der Waals surface area contributed by atoms with Crippen LogP contribution in [0.1, 0.15) is 11.1 Å². The van der Waals surface area contributed by atoms with Gasteiger partial charge in [0.25, 0.3) is 11.1 Å². The summed E-state index contributed by atoms with van der Waals surface area (Å²) in [7, 11) is 1.45. The van der Waals surface area contributed by atoms with E-state index >= 15 is 0 Å². The number of rotatable bonds is 4. The van der Waals surface area contributed by atoms with Gasteiger partial charge in [0.1, 0.15) is 0 Å². The van der Waals surface area contributed by atoms with Gasteiger partial charge in [-0.05, 0) is 35.5 Å². The fourth-order valence-electron chi connectivity index (χ4n) is 2.39. The van der Waals surface area contributed by atoms with Gasteiger partial charge in [0.15, 0.2) is 11.5 Å². The van der Waals surface area contributed by atoms with Gasteiger partial charge in [0, 0.05) is 10.0 Å². The molecule has 0 saturated carbocycles. The van der Waals surface area contributed by atoms with Crippen molar-refractivity contribution in [2.45, 2.75) is 6.54 Å². The zero-order valence-electron chi connectivity index (χ0n) is 13.2. The third-order valence-electron chi connectivity index (χ3n) is 3.70. The van der Waals surface area contributed by atoms with Gasteiger partial charge in [0.2, 0.25) is 0 Å². The molecule has 1 saturated heterocycles. The first kappa shape index (κ1) is 17.6. The number of ether oxygens (including phenoxy) is 1. The molecule has 1 heterocycles. The predicted octanol–water partition coefficient (Wildman–Crippen LogP) is 4.40. The first-order valence-electron chi connectivity index (χ1n) is 7.36. The zero-order valence-corrected chi connectivity index (χ0v) is 15.6. The number of imide groups is 1. The highest BCUT2D eigenvalue weighted by atomic mass is 79.9. The summed E-state index contributed by atoms with van der Waals surface area (Å²) in [6.45, 7) is 0.188. The zero-order chi connectivity index (χ0) is 18.0. The predicted molar refractivity (Wildman–Crippen MR) is 100 cm³/mol. The average Bonchev–Trinajstić information content (AvgIpc) is 2.86. The quantitative estimate of drug-likeness (QED) is 0.743. The molecule has 0 bridgehead atoms. The van der Waals surface area contributed by atoms with Crippen molar-refractivity contribution in [3.8, 4) is 11.5 Å². The molecule has 7 heteroatoms. The fraction of sp³-hybridized carbons (Fsp3) is 0.111. The second-order valence-electron chi connectivity index (χ2n) is 5.26. The average molecular weight is 420 g/mol. The van der Waals surface area contributed by atoms with Gasteiger partial charge in [-0.25, -0.2) is 0 Å². The minimum Gasteiger partial charge on any atom is -0.504 e. The summed E-state index contributed by atoms with van der Waals surface area (Å²) < 4.78 is 5.89. The van der Waals surface area contributed by atoms with Gasteiger partial charge in [-0.3, -0.25) is 14.5 Å². The number of hydrogen-bond donors (Lipinski definition) is 1. The van der Waals surface area contributed by atoms with Crippen LogP contribution in [-0.4, -0.2) is 28.3 Å². The molecule has 1 fully saturated rings. The Morgan fingerprint density at radius 1 is 1.20 bits per heavy atom. The number of thioether (sulfide) groups is 1. The van der Waals surface area contributed by atoms with E-state index in [2.05, 4.69) is 15.9 Å². The number of hydrogen-bond acceptors (Lipinski definition) is 5. The first-order chi connectivity index (χ1) is 12.0. The van der Waals surface area contributed by atoms with Crippen LogP contribution < -0.4 is 4.74 Å². The highest BCUT2D eigenvalue weighted by Gasteiger charge is 2.35. The lowest BCUT2D eigenvalue weighted by atomic mass is 10.1. The van der Waals surface area contributed by atoms with E-state index in [0.717, 1.165) is 21.8 Å². The third kappa shape index (κ3) is 3.57. The Morgan fingerprint density at radius 2 is 1.96 bits per heavy atom. The van der Waals surface area contributed by atoms with E-state index in [4.69, 9.17) is 4.74 Å². The van der Waals surface area contributed by atoms with E-state index < -0.39 is 0 Å². The molecule has 128 valence electrons. The van der Waals surface area contributed by atoms with Crippen LogP contribution in [0, 0.1) is 0 Å². The molecule has 0 atom stereocenters. The summed E-state index contributed by atoms with van der Waals surface area (Å²) in [5.41, 5.74) is 1.26. The van der Waals surface area contributed by atoms with E-state index in [1.165, 1.54) is 18.1 Å². The fourth-order valence-corrected chi connectivity index (χ4v) is 3.63. The molecule has 1 aliphatic rings. The van der Waals surface area contributed by atoms with Crippen LogP contribution in [0.4, 0.5) is 4.79 Å². The number of phenols is 1. The molecule has 0 radical (unpaired) electrons. The summed E-state index contributed by atoms with van der Waals surface area (Å²) in [5.74, 6) is -0.142. The third-order valence-corrected chi connectivity index (χ3v) is 5.38. The lowest BCUT2D eigenvalue weighted by Crippen LogP contribution is -2.27. The largest absolute Gasteiger partial charge is 0.504 e. The smallest absolute Gasteiger partial charge is 0.293 e. The number of amides is 2. The molecular formula is C18H14BrNO4S. The molecule has 0 aliphatic carbocycles. The van der Waals surface area contributed by atoms with Crippen molar-refractivity contribution < 1.29 is 19.4 Å². The second-order valence-corrected chi connectivity index (χ2v) is 7.10. The molecule has 0 unspecified atom stereocenters. The number of methoxy groups -OCH3 is 1. The van der Waals surface area contributed by atoms with Crippen LogP contribution in [-0.2, 0) is 11.3 Å². The van der Waals surface area contributed by atoms with Crippen LogP contribution in [0.2, 0.25) is 0 Å². The van der Waals surface area contributed by atoms with Crippen molar-refractivity contribution >= 4 is 44.9 Å². The minimum atomic E-state index is -0.382. The molecule has 3 rings (SSSR count). The summed E-state index contributed by atoms with van der Waals surface area (Å²) in [6, 6.07) is 12.4. The Hall–Kier alpha value is -2.25. The highest BCUT2D eigenvalue weighted by molar-refractivity contribution is 9.10. The summed E-state index contributed by atoms with van der Waals surface area (Å²) in [4.78, 5) is 26.3. The van der Waals surface area contributed by atoms with Crippen molar-refractivity contribution in [3.05, 3.63) is 63.0 Å². The topological polar surface area (TPSA) is 66.8 Å². The summed E-state index contributed by atoms with van der Waals surface area (Å²) >= 11 is 4.28. The van der Waals surface area contributed by atoms with Crippen LogP contribution in [0.5, 0.6) is 11.5 Å². The second kappa shape index (κ2) is 7.33. The van der Waals surface area contributed by atoms with Crippen molar-refractivity contribution in [3.63, 3.8) is 0 Å². The molecule has 2 aromatic rings. The molecule has 0 spiro atoms. The maximum absolute atomic E-state index is 12.6. The standard InChI is InChI=1S/C18H14BrNO4S/c1-24-14-8-4-6-11(16(14)21)9-15-17(22)20(18(23)25-15)10-12-5-2-3-7-13(12)19/h2-9,21H,10H2,1H3/b15-9-. The van der Waals surface area contributed by atoms with Crippen LogP contribution >= 0.6 is 27.7 Å². The monoisotopic (exact) mass is 419 g/mol. The van der Waals surface area contributed by atoms with E-state index in [-0.39, 0.29) is 28.3 Å². The van der Waals surface area contributed by atoms with Gasteiger partial charge in [-0.15, -0.1) is 0 Å². The molecule has 1 N–H and O–H groups in total. The molecule has 2 aromatic carbocycles. The van der Waals surface area contributed by atoms with E-state index in [1.54, 1.807) is 18.2 Å². The summed E-state index contributed by atoms with van der Waals surface area (Å²) in [6.07, 6.45) is 1.50. The lowest BCUT2D eigenvalue weighted by Gasteiger charge is -2.13.